The molecular weight excluding hydrogens is 258 g/mol. The van der Waals surface area contributed by atoms with Crippen LogP contribution in [0.5, 0.6) is 0 Å². The van der Waals surface area contributed by atoms with Crippen LogP contribution >= 0.6 is 11.6 Å². The molecule has 0 unspecified atom stereocenters. The lowest BCUT2D eigenvalue weighted by Gasteiger charge is -2.18. The lowest BCUT2D eigenvalue weighted by molar-refractivity contribution is 0.488. The molecule has 19 heavy (non-hydrogen) atoms. The Morgan fingerprint density at radius 1 is 1.26 bits per heavy atom. The maximum atomic E-state index is 5.94. The van der Waals surface area contributed by atoms with Crippen molar-refractivity contribution in [1.82, 2.24) is 14.9 Å². The number of hydrogen-bond donors (Lipinski definition) is 1. The highest BCUT2D eigenvalue weighted by atomic mass is 35.5. The second-order valence-corrected chi connectivity index (χ2v) is 5.61. The second-order valence-electron chi connectivity index (χ2n) is 5.17. The van der Waals surface area contributed by atoms with Crippen LogP contribution in [0.3, 0.4) is 0 Å². The molecule has 1 N–H and O–H groups in total. The van der Waals surface area contributed by atoms with Crippen LogP contribution in [0.4, 0.5) is 0 Å². The van der Waals surface area contributed by atoms with Gasteiger partial charge in [0.15, 0.2) is 0 Å². The van der Waals surface area contributed by atoms with Gasteiger partial charge in [0.1, 0.15) is 0 Å². The Balaban J connectivity index is 1.50. The summed E-state index contributed by atoms with van der Waals surface area (Å²) in [5.41, 5.74) is 1.57. The number of aryl methyl sites for hydroxylation is 1. The van der Waals surface area contributed by atoms with Crippen LogP contribution in [0, 0.1) is 0 Å². The molecule has 1 aliphatic rings. The molecule has 1 aliphatic carbocycles. The number of benzene rings is 1. The first-order chi connectivity index (χ1) is 9.28. The number of nitrogens with zero attached hydrogens (tertiary/aromatic N) is 2. The van der Waals surface area contributed by atoms with Crippen LogP contribution in [-0.4, -0.2) is 16.1 Å². The topological polar surface area (TPSA) is 29.9 Å². The molecule has 3 nitrogen and oxygen atoms in total. The molecule has 0 saturated heterocycles. The summed E-state index contributed by atoms with van der Waals surface area (Å²) in [6.07, 6.45) is 9.26. The van der Waals surface area contributed by atoms with E-state index >= 15 is 0 Å². The molecule has 0 aliphatic heterocycles. The Hall–Kier alpha value is -1.32. The first-order valence-corrected chi connectivity index (χ1v) is 7.13. The summed E-state index contributed by atoms with van der Waals surface area (Å²) in [7, 11) is 0. The summed E-state index contributed by atoms with van der Waals surface area (Å²) >= 11 is 5.94. The van der Waals surface area contributed by atoms with E-state index in [-0.39, 0.29) is 5.54 Å². The Morgan fingerprint density at radius 3 is 2.68 bits per heavy atom. The van der Waals surface area contributed by atoms with Crippen molar-refractivity contribution in [2.45, 2.75) is 31.3 Å². The Bertz CT molecular complexity index is 515. The summed E-state index contributed by atoms with van der Waals surface area (Å²) in [5, 5.41) is 4.50. The number of hydrogen-bond acceptors (Lipinski definition) is 2. The van der Waals surface area contributed by atoms with Gasteiger partial charge in [0.2, 0.25) is 0 Å². The minimum Gasteiger partial charge on any atom is -0.337 e. The van der Waals surface area contributed by atoms with E-state index in [0.29, 0.717) is 0 Å². The summed E-state index contributed by atoms with van der Waals surface area (Å²) in [5.74, 6) is 0. The number of imidazole rings is 1. The second kappa shape index (κ2) is 5.35. The molecule has 1 heterocycles. The molecule has 1 aromatic heterocycles. The van der Waals surface area contributed by atoms with Crippen LogP contribution in [0.25, 0.3) is 0 Å². The molecule has 2 aromatic rings. The van der Waals surface area contributed by atoms with Crippen molar-refractivity contribution in [3.8, 4) is 0 Å². The van der Waals surface area contributed by atoms with Crippen molar-refractivity contribution in [2.75, 3.05) is 6.54 Å². The van der Waals surface area contributed by atoms with Crippen molar-refractivity contribution in [3.63, 3.8) is 0 Å². The maximum Gasteiger partial charge on any atom is 0.0945 e. The fourth-order valence-corrected chi connectivity index (χ4v) is 2.60. The first-order valence-electron chi connectivity index (χ1n) is 6.75. The third kappa shape index (κ3) is 2.99. The molecule has 3 rings (SSSR count). The van der Waals surface area contributed by atoms with Crippen LogP contribution < -0.4 is 5.32 Å². The summed E-state index contributed by atoms with van der Waals surface area (Å²) in [6.45, 7) is 2.05. The third-order valence-electron chi connectivity index (χ3n) is 3.76. The van der Waals surface area contributed by atoms with Gasteiger partial charge in [0, 0.05) is 29.5 Å². The highest BCUT2D eigenvalue weighted by Gasteiger charge is 2.43. The molecule has 1 aromatic carbocycles. The van der Waals surface area contributed by atoms with Crippen LogP contribution in [0.15, 0.2) is 43.0 Å². The van der Waals surface area contributed by atoms with Crippen molar-refractivity contribution in [3.05, 3.63) is 53.6 Å². The fourth-order valence-electron chi connectivity index (χ4n) is 2.47. The van der Waals surface area contributed by atoms with Gasteiger partial charge in [0.25, 0.3) is 0 Å². The minimum absolute atomic E-state index is 0.208. The van der Waals surface area contributed by atoms with E-state index in [4.69, 9.17) is 11.6 Å². The molecule has 1 saturated carbocycles. The van der Waals surface area contributed by atoms with E-state index in [2.05, 4.69) is 27.0 Å². The quantitative estimate of drug-likeness (QED) is 0.821. The van der Waals surface area contributed by atoms with E-state index in [9.17, 15) is 0 Å². The summed E-state index contributed by atoms with van der Waals surface area (Å²) in [6, 6.07) is 8.23. The number of aromatic nitrogens is 2. The molecule has 0 spiro atoms. The molecule has 0 radical (unpaired) electrons. The van der Waals surface area contributed by atoms with Crippen molar-refractivity contribution in [2.24, 2.45) is 0 Å². The third-order valence-corrected chi connectivity index (χ3v) is 4.01. The Labute approximate surface area is 118 Å². The van der Waals surface area contributed by atoms with Crippen molar-refractivity contribution in [1.29, 1.82) is 0 Å². The van der Waals surface area contributed by atoms with Gasteiger partial charge in [-0.1, -0.05) is 23.7 Å². The van der Waals surface area contributed by atoms with Gasteiger partial charge >= 0.3 is 0 Å². The monoisotopic (exact) mass is 275 g/mol. The zero-order chi connectivity index (χ0) is 13.1. The maximum absolute atomic E-state index is 5.94. The van der Waals surface area contributed by atoms with Gasteiger partial charge in [-0.2, -0.15) is 0 Å². The zero-order valence-electron chi connectivity index (χ0n) is 10.8. The van der Waals surface area contributed by atoms with Gasteiger partial charge in [-0.15, -0.1) is 0 Å². The largest absolute Gasteiger partial charge is 0.337 e. The molecule has 0 bridgehead atoms. The van der Waals surface area contributed by atoms with Gasteiger partial charge in [-0.3, -0.25) is 0 Å². The minimum atomic E-state index is 0.208. The van der Waals surface area contributed by atoms with Gasteiger partial charge in [-0.05, 0) is 43.5 Å². The highest BCUT2D eigenvalue weighted by Crippen LogP contribution is 2.45. The van der Waals surface area contributed by atoms with Crippen molar-refractivity contribution < 1.29 is 0 Å². The number of rotatable bonds is 6. The van der Waals surface area contributed by atoms with Crippen LogP contribution in [0.2, 0.25) is 5.02 Å². The predicted octanol–water partition coefficient (Wildman–Crippen LogP) is 3.21. The fraction of sp³-hybridized carbons (Fsp3) is 0.400. The van der Waals surface area contributed by atoms with E-state index in [1.807, 2.05) is 30.9 Å². The lowest BCUT2D eigenvalue weighted by Crippen LogP contribution is -2.30. The average molecular weight is 276 g/mol. The van der Waals surface area contributed by atoms with Crippen LogP contribution in [0.1, 0.15) is 24.8 Å². The molecule has 100 valence electrons. The lowest BCUT2D eigenvalue weighted by atomic mass is 10.1. The van der Waals surface area contributed by atoms with E-state index < -0.39 is 0 Å². The predicted molar refractivity (Wildman–Crippen MR) is 77.2 cm³/mol. The molecule has 1 fully saturated rings. The smallest absolute Gasteiger partial charge is 0.0945 e. The first kappa shape index (κ1) is 12.7. The average Bonchev–Trinajstić information content (AvgIpc) is 3.03. The van der Waals surface area contributed by atoms with Gasteiger partial charge in [0.05, 0.1) is 6.33 Å². The normalized spacial score (nSPS) is 16.5. The van der Waals surface area contributed by atoms with Crippen LogP contribution in [-0.2, 0) is 12.1 Å². The number of nitrogens with one attached hydrogen (secondary N) is 1. The van der Waals surface area contributed by atoms with Gasteiger partial charge in [-0.25, -0.2) is 4.98 Å². The highest BCUT2D eigenvalue weighted by molar-refractivity contribution is 6.30. The van der Waals surface area contributed by atoms with E-state index in [1.54, 1.807) is 0 Å². The van der Waals surface area contributed by atoms with E-state index in [0.717, 1.165) is 24.5 Å². The zero-order valence-corrected chi connectivity index (χ0v) is 11.6. The standard InChI is InChI=1S/C15H18ClN3/c16-14-4-2-13(3-5-14)15(6-7-15)18-8-1-10-19-11-9-17-12-19/h2-5,9,11-12,18H,1,6-8,10H2. The molecule has 4 heteroatoms. The molecule has 0 amide bonds. The molecular formula is C15H18ClN3. The SMILES string of the molecule is Clc1ccc(C2(NCCCn3ccnc3)CC2)cc1. The summed E-state index contributed by atoms with van der Waals surface area (Å²) in [4.78, 5) is 4.05. The Kier molecular flexibility index (Phi) is 3.58. The number of halogens is 1. The Morgan fingerprint density at radius 2 is 2.05 bits per heavy atom. The van der Waals surface area contributed by atoms with Gasteiger partial charge < -0.3 is 9.88 Å². The molecule has 0 atom stereocenters. The van der Waals surface area contributed by atoms with Crippen molar-refractivity contribution >= 4 is 11.6 Å². The summed E-state index contributed by atoms with van der Waals surface area (Å²) < 4.78 is 2.11. The van der Waals surface area contributed by atoms with E-state index in [1.165, 1.54) is 18.4 Å².